The first-order valence-electron chi connectivity index (χ1n) is 4.69. The summed E-state index contributed by atoms with van der Waals surface area (Å²) in [5.74, 6) is 0. The van der Waals surface area contributed by atoms with E-state index in [0.29, 0.717) is 0 Å². The smallest absolute Gasteiger partial charge is 0.304 e. The second-order valence-electron chi connectivity index (χ2n) is 2.63. The lowest BCUT2D eigenvalue weighted by atomic mass is 10.5. The highest BCUT2D eigenvalue weighted by Gasteiger charge is 2.24. The summed E-state index contributed by atoms with van der Waals surface area (Å²) in [4.78, 5) is 26.5. The van der Waals surface area contributed by atoms with Gasteiger partial charge < -0.3 is 4.90 Å². The van der Waals surface area contributed by atoms with E-state index >= 15 is 0 Å². The lowest BCUT2D eigenvalue weighted by Gasteiger charge is -2.13. The molecule has 0 amide bonds. The van der Waals surface area contributed by atoms with Gasteiger partial charge in [-0.3, -0.25) is 0 Å². The van der Waals surface area contributed by atoms with E-state index in [0.717, 1.165) is 0 Å². The van der Waals surface area contributed by atoms with Crippen molar-refractivity contribution in [3.05, 3.63) is 0 Å². The van der Waals surface area contributed by atoms with Crippen LogP contribution in [-0.2, 0) is 0 Å². The first-order chi connectivity index (χ1) is 5.91. The van der Waals surface area contributed by atoms with E-state index in [1.807, 2.05) is 0 Å². The summed E-state index contributed by atoms with van der Waals surface area (Å²) in [6.07, 6.45) is 0.0486. The third kappa shape index (κ3) is 15.1. The lowest BCUT2D eigenvalue weighted by Crippen LogP contribution is -2.21. The van der Waals surface area contributed by atoms with Gasteiger partial charge in [-0.05, 0) is 26.6 Å². The molecule has 0 saturated heterocycles. The lowest BCUT2D eigenvalue weighted by molar-refractivity contribution is 0.321. The molecule has 0 aliphatic rings. The van der Waals surface area contributed by atoms with Gasteiger partial charge in [0.15, 0.2) is 0 Å². The van der Waals surface area contributed by atoms with Crippen LogP contribution in [0.3, 0.4) is 0 Å². The Morgan fingerprint density at radius 2 is 1.08 bits per heavy atom. The Hall–Kier alpha value is 0.270. The van der Waals surface area contributed by atoms with Crippen LogP contribution in [0.15, 0.2) is 0 Å². The molecule has 13 heavy (non-hydrogen) atoms. The maximum atomic E-state index is 8.05. The molecule has 0 saturated carbocycles. The number of rotatable bonds is 4. The van der Waals surface area contributed by atoms with Crippen LogP contribution in [0.4, 0.5) is 0 Å². The van der Waals surface area contributed by atoms with Crippen LogP contribution in [0.1, 0.15) is 27.7 Å². The molecule has 0 heterocycles. The molecule has 0 radical (unpaired) electrons. The van der Waals surface area contributed by atoms with E-state index in [4.69, 9.17) is 14.7 Å². The van der Waals surface area contributed by atoms with Gasteiger partial charge >= 0.3 is 7.94 Å². The Morgan fingerprint density at radius 3 is 1.08 bits per heavy atom. The van der Waals surface area contributed by atoms with Gasteiger partial charge in [-0.25, -0.2) is 0 Å². The van der Waals surface area contributed by atoms with Crippen molar-refractivity contribution in [2.45, 2.75) is 27.7 Å². The van der Waals surface area contributed by atoms with Crippen LogP contribution in [0.2, 0.25) is 0 Å². The van der Waals surface area contributed by atoms with Gasteiger partial charge in [0.1, 0.15) is 6.16 Å². The minimum atomic E-state index is -3.40. The second kappa shape index (κ2) is 8.85. The monoisotopic (exact) mass is 212 g/mol. The molecule has 0 aromatic heterocycles. The van der Waals surface area contributed by atoms with Crippen LogP contribution >= 0.6 is 7.94 Å². The molecule has 0 aromatic carbocycles. The van der Waals surface area contributed by atoms with E-state index in [9.17, 15) is 0 Å². The Labute approximate surface area is 81.8 Å². The van der Waals surface area contributed by atoms with Gasteiger partial charge in [-0.2, -0.15) is 14.7 Å². The van der Waals surface area contributed by atoms with Gasteiger partial charge in [0.05, 0.1) is 0 Å². The summed E-state index contributed by atoms with van der Waals surface area (Å²) in [6, 6.07) is 0. The number of hydrogen-bond acceptors (Lipinski definition) is 4. The molecule has 0 aromatic rings. The topological polar surface area (TPSA) is 63.9 Å². The molecule has 82 valence electrons. The molecule has 3 N–H and O–H groups in total. The molecular weight excluding hydrogens is 189 g/mol. The molecule has 0 atom stereocenters. The summed E-state index contributed by atoms with van der Waals surface area (Å²) in [6.45, 7) is 11.6. The minimum absolute atomic E-state index is 0.0486. The Kier molecular flexibility index (Phi) is 10.7. The molecule has 0 aliphatic carbocycles. The van der Waals surface area contributed by atoms with Crippen molar-refractivity contribution in [1.29, 1.82) is 0 Å². The molecule has 0 aliphatic heterocycles. The van der Waals surface area contributed by atoms with E-state index < -0.39 is 7.94 Å². The number of hydrogen-bond donors (Lipinski definition) is 3. The zero-order valence-electron chi connectivity index (χ0n) is 9.06. The number of nitrogens with zero attached hydrogens (tertiary/aromatic N) is 1. The molecule has 0 bridgehead atoms. The predicted molar refractivity (Wildman–Crippen MR) is 57.6 cm³/mol. The Balaban J connectivity index is 0. The maximum Gasteiger partial charge on any atom is 0.403 e. The van der Waals surface area contributed by atoms with Crippen molar-refractivity contribution >= 4 is 7.94 Å². The van der Waals surface area contributed by atoms with Crippen LogP contribution in [-0.4, -0.2) is 45.4 Å². The highest BCUT2D eigenvalue weighted by molar-refractivity contribution is 7.58. The summed E-state index contributed by atoms with van der Waals surface area (Å²) in [5.41, 5.74) is 0. The maximum absolute atomic E-state index is 8.05. The fraction of sp³-hybridized carbons (Fsp3) is 1.00. The SMILES string of the molecule is CCN(CC)CC.CC[P+](O)(O)O. The third-order valence-corrected chi connectivity index (χ3v) is 2.61. The van der Waals surface area contributed by atoms with Gasteiger partial charge in [0.25, 0.3) is 0 Å². The van der Waals surface area contributed by atoms with Gasteiger partial charge in [0.2, 0.25) is 0 Å². The zero-order chi connectivity index (χ0) is 10.9. The summed E-state index contributed by atoms with van der Waals surface area (Å²) in [7, 11) is -3.40. The quantitative estimate of drug-likeness (QED) is 0.610. The van der Waals surface area contributed by atoms with E-state index in [2.05, 4.69) is 25.7 Å². The molecular formula is C8H23NO3P+. The average Bonchev–Trinajstić information content (AvgIpc) is 2.07. The normalized spacial score (nSPS) is 11.1. The summed E-state index contributed by atoms with van der Waals surface area (Å²) < 4.78 is 0. The molecule has 0 unspecified atom stereocenters. The Morgan fingerprint density at radius 1 is 0.846 bits per heavy atom. The highest BCUT2D eigenvalue weighted by atomic mass is 31.2. The van der Waals surface area contributed by atoms with Crippen LogP contribution in [0.5, 0.6) is 0 Å². The van der Waals surface area contributed by atoms with Crippen molar-refractivity contribution in [2.75, 3.05) is 25.8 Å². The summed E-state index contributed by atoms with van der Waals surface area (Å²) in [5, 5.41) is 0. The van der Waals surface area contributed by atoms with Crippen molar-refractivity contribution in [3.8, 4) is 0 Å². The average molecular weight is 212 g/mol. The van der Waals surface area contributed by atoms with E-state index in [1.54, 1.807) is 0 Å². The summed E-state index contributed by atoms with van der Waals surface area (Å²) >= 11 is 0. The van der Waals surface area contributed by atoms with Crippen LogP contribution in [0, 0.1) is 0 Å². The van der Waals surface area contributed by atoms with E-state index in [-0.39, 0.29) is 6.16 Å². The molecule has 0 spiro atoms. The van der Waals surface area contributed by atoms with Crippen molar-refractivity contribution in [3.63, 3.8) is 0 Å². The predicted octanol–water partition coefficient (Wildman–Crippen LogP) is 1.09. The Bertz CT molecular complexity index is 96.5. The second-order valence-corrected chi connectivity index (χ2v) is 4.65. The molecule has 0 rings (SSSR count). The van der Waals surface area contributed by atoms with Crippen molar-refractivity contribution in [1.82, 2.24) is 4.90 Å². The highest BCUT2D eigenvalue weighted by Crippen LogP contribution is 2.43. The molecule has 5 heteroatoms. The van der Waals surface area contributed by atoms with Crippen molar-refractivity contribution < 1.29 is 14.7 Å². The van der Waals surface area contributed by atoms with Crippen molar-refractivity contribution in [2.24, 2.45) is 0 Å². The fourth-order valence-electron chi connectivity index (χ4n) is 0.671. The molecule has 0 fully saturated rings. The minimum Gasteiger partial charge on any atom is -0.304 e. The van der Waals surface area contributed by atoms with Crippen LogP contribution in [0.25, 0.3) is 0 Å². The van der Waals surface area contributed by atoms with Crippen LogP contribution < -0.4 is 0 Å². The van der Waals surface area contributed by atoms with Gasteiger partial charge in [0, 0.05) is 0 Å². The molecule has 4 nitrogen and oxygen atoms in total. The standard InChI is InChI=1S/C6H15N.C2H8O3P/c1-4-7(5-2)6-3;1-2-6(3,4)5/h4-6H2,1-3H3;3-5H,2H2,1H3/q;+1. The largest absolute Gasteiger partial charge is 0.403 e. The van der Waals surface area contributed by atoms with Gasteiger partial charge in [-0.1, -0.05) is 20.8 Å². The van der Waals surface area contributed by atoms with E-state index in [1.165, 1.54) is 26.6 Å². The third-order valence-electron chi connectivity index (χ3n) is 1.77. The first-order valence-corrected chi connectivity index (χ1v) is 6.53. The zero-order valence-corrected chi connectivity index (χ0v) is 9.96. The fourth-order valence-corrected chi connectivity index (χ4v) is 0.671. The van der Waals surface area contributed by atoms with Gasteiger partial charge in [-0.15, -0.1) is 0 Å². The first kappa shape index (κ1) is 15.7.